The lowest BCUT2D eigenvalue weighted by Gasteiger charge is -2.33. The minimum Gasteiger partial charge on any atom is -0.467 e. The summed E-state index contributed by atoms with van der Waals surface area (Å²) in [6.07, 6.45) is 3.02. The number of benzene rings is 1. The number of aromatic nitrogens is 1. The number of anilines is 1. The van der Waals surface area contributed by atoms with Gasteiger partial charge in [-0.25, -0.2) is 4.98 Å². The number of hydrogen-bond acceptors (Lipinski definition) is 6. The zero-order valence-electron chi connectivity index (χ0n) is 19.8. The Balaban J connectivity index is 1.87. The maximum Gasteiger partial charge on any atom is 0.247 e. The first kappa shape index (κ1) is 25.2. The smallest absolute Gasteiger partial charge is 0.247 e. The molecule has 1 unspecified atom stereocenters. The predicted octanol–water partition coefficient (Wildman–Crippen LogP) is 4.45. The SMILES string of the molecule is Cc1ccc(C(C(=O)NC(C)(C)C)N(Cc2ccco2)C(=O)CCC(=O)Nc2nccs2)cc1. The number of furan rings is 1. The number of carbonyl (C=O) groups is 3. The average molecular weight is 483 g/mol. The van der Waals surface area contributed by atoms with Gasteiger partial charge in [-0.15, -0.1) is 11.3 Å². The van der Waals surface area contributed by atoms with E-state index in [4.69, 9.17) is 4.42 Å². The molecule has 9 heteroatoms. The van der Waals surface area contributed by atoms with Crippen LogP contribution in [-0.2, 0) is 20.9 Å². The predicted molar refractivity (Wildman–Crippen MR) is 131 cm³/mol. The van der Waals surface area contributed by atoms with Crippen molar-refractivity contribution >= 4 is 34.2 Å². The van der Waals surface area contributed by atoms with Crippen LogP contribution in [0.3, 0.4) is 0 Å². The maximum absolute atomic E-state index is 13.4. The normalized spacial score (nSPS) is 12.1. The van der Waals surface area contributed by atoms with E-state index in [0.717, 1.165) is 5.56 Å². The van der Waals surface area contributed by atoms with Gasteiger partial charge in [0.05, 0.1) is 12.8 Å². The number of nitrogens with one attached hydrogen (secondary N) is 2. The van der Waals surface area contributed by atoms with Crippen LogP contribution >= 0.6 is 11.3 Å². The van der Waals surface area contributed by atoms with E-state index in [2.05, 4.69) is 15.6 Å². The van der Waals surface area contributed by atoms with Crippen LogP contribution in [0.25, 0.3) is 0 Å². The molecule has 0 spiro atoms. The summed E-state index contributed by atoms with van der Waals surface area (Å²) < 4.78 is 5.48. The molecular weight excluding hydrogens is 452 g/mol. The second kappa shape index (κ2) is 11.1. The Kier molecular flexibility index (Phi) is 8.22. The molecule has 0 aliphatic rings. The summed E-state index contributed by atoms with van der Waals surface area (Å²) in [5, 5.41) is 7.91. The van der Waals surface area contributed by atoms with Crippen molar-refractivity contribution in [1.82, 2.24) is 15.2 Å². The van der Waals surface area contributed by atoms with Gasteiger partial charge >= 0.3 is 0 Å². The van der Waals surface area contributed by atoms with E-state index >= 15 is 0 Å². The Morgan fingerprint density at radius 1 is 1.12 bits per heavy atom. The summed E-state index contributed by atoms with van der Waals surface area (Å²) in [5.74, 6) is -0.405. The van der Waals surface area contributed by atoms with Crippen molar-refractivity contribution in [2.24, 2.45) is 0 Å². The third-order valence-corrected chi connectivity index (χ3v) is 5.61. The minimum atomic E-state index is -0.889. The van der Waals surface area contributed by atoms with Crippen LogP contribution in [-0.4, -0.2) is 33.1 Å². The fraction of sp³-hybridized carbons (Fsp3) is 0.360. The van der Waals surface area contributed by atoms with Gasteiger partial charge in [-0.3, -0.25) is 14.4 Å². The lowest BCUT2D eigenvalue weighted by Crippen LogP contribution is -2.49. The molecular formula is C25H30N4O4S. The third kappa shape index (κ3) is 7.28. The molecule has 0 bridgehead atoms. The van der Waals surface area contributed by atoms with Crippen LogP contribution in [0.15, 0.2) is 58.7 Å². The molecule has 0 radical (unpaired) electrons. The molecule has 1 atom stereocenters. The van der Waals surface area contributed by atoms with Crippen molar-refractivity contribution in [3.63, 3.8) is 0 Å². The first-order valence-electron chi connectivity index (χ1n) is 11.0. The lowest BCUT2D eigenvalue weighted by atomic mass is 10.00. The molecule has 0 saturated carbocycles. The summed E-state index contributed by atoms with van der Waals surface area (Å²) in [5.41, 5.74) is 1.23. The van der Waals surface area contributed by atoms with E-state index in [0.29, 0.717) is 16.5 Å². The summed E-state index contributed by atoms with van der Waals surface area (Å²) in [6.45, 7) is 7.72. The molecule has 2 aromatic heterocycles. The Bertz CT molecular complexity index is 1090. The molecule has 0 fully saturated rings. The minimum absolute atomic E-state index is 0.0332. The highest BCUT2D eigenvalue weighted by Gasteiger charge is 2.33. The Hall–Kier alpha value is -3.46. The van der Waals surface area contributed by atoms with E-state index in [1.807, 2.05) is 52.0 Å². The van der Waals surface area contributed by atoms with Gasteiger partial charge in [-0.05, 0) is 45.4 Å². The highest BCUT2D eigenvalue weighted by atomic mass is 32.1. The topological polar surface area (TPSA) is 105 Å². The van der Waals surface area contributed by atoms with Crippen LogP contribution in [0.5, 0.6) is 0 Å². The summed E-state index contributed by atoms with van der Waals surface area (Å²) in [4.78, 5) is 44.7. The second-order valence-corrected chi connectivity index (χ2v) is 9.93. The number of nitrogens with zero attached hydrogens (tertiary/aromatic N) is 2. The number of hydrogen-bond donors (Lipinski definition) is 2. The monoisotopic (exact) mass is 482 g/mol. The quantitative estimate of drug-likeness (QED) is 0.469. The van der Waals surface area contributed by atoms with E-state index in [9.17, 15) is 14.4 Å². The zero-order chi connectivity index (χ0) is 24.7. The zero-order valence-corrected chi connectivity index (χ0v) is 20.6. The van der Waals surface area contributed by atoms with Gasteiger partial charge in [-0.2, -0.15) is 0 Å². The van der Waals surface area contributed by atoms with Crippen molar-refractivity contribution in [3.05, 3.63) is 71.1 Å². The molecule has 3 amide bonds. The van der Waals surface area contributed by atoms with Crippen molar-refractivity contribution in [3.8, 4) is 0 Å². The molecule has 2 heterocycles. The third-order valence-electron chi connectivity index (χ3n) is 4.92. The highest BCUT2D eigenvalue weighted by molar-refractivity contribution is 7.13. The fourth-order valence-corrected chi connectivity index (χ4v) is 3.93. The summed E-state index contributed by atoms with van der Waals surface area (Å²) in [6, 6.07) is 10.1. The number of rotatable bonds is 9. The molecule has 34 heavy (non-hydrogen) atoms. The maximum atomic E-state index is 13.4. The number of aryl methyl sites for hydroxylation is 1. The largest absolute Gasteiger partial charge is 0.467 e. The molecule has 3 aromatic rings. The second-order valence-electron chi connectivity index (χ2n) is 9.04. The van der Waals surface area contributed by atoms with Crippen LogP contribution in [0.1, 0.15) is 56.5 Å². The van der Waals surface area contributed by atoms with Gasteiger partial charge in [0.1, 0.15) is 11.8 Å². The van der Waals surface area contributed by atoms with Gasteiger partial charge in [0.2, 0.25) is 17.7 Å². The van der Waals surface area contributed by atoms with Gasteiger partial charge in [0.15, 0.2) is 5.13 Å². The van der Waals surface area contributed by atoms with Crippen molar-refractivity contribution in [1.29, 1.82) is 0 Å². The van der Waals surface area contributed by atoms with E-state index in [-0.39, 0.29) is 37.1 Å². The van der Waals surface area contributed by atoms with Crippen LogP contribution in [0, 0.1) is 6.92 Å². The molecule has 1 aromatic carbocycles. The van der Waals surface area contributed by atoms with Gasteiger partial charge in [-0.1, -0.05) is 29.8 Å². The van der Waals surface area contributed by atoms with Gasteiger partial charge in [0.25, 0.3) is 0 Å². The average Bonchev–Trinajstić information content (AvgIpc) is 3.46. The number of amides is 3. The molecule has 8 nitrogen and oxygen atoms in total. The van der Waals surface area contributed by atoms with Gasteiger partial charge < -0.3 is 20.0 Å². The standard InChI is InChI=1S/C25H30N4O4S/c1-17-7-9-18(10-8-17)22(23(32)28-25(2,3)4)29(16-19-6-5-14-33-19)21(31)12-11-20(30)27-24-26-13-15-34-24/h5-10,13-15,22H,11-12,16H2,1-4H3,(H,28,32)(H,26,27,30). The van der Waals surface area contributed by atoms with E-state index < -0.39 is 11.6 Å². The molecule has 0 aliphatic carbocycles. The van der Waals surface area contributed by atoms with E-state index in [1.165, 1.54) is 22.5 Å². The molecule has 0 saturated heterocycles. The van der Waals surface area contributed by atoms with Crippen LogP contribution in [0.2, 0.25) is 0 Å². The molecule has 0 aliphatic heterocycles. The number of thiazole rings is 1. The first-order chi connectivity index (χ1) is 16.1. The highest BCUT2D eigenvalue weighted by Crippen LogP contribution is 2.26. The Morgan fingerprint density at radius 2 is 1.85 bits per heavy atom. The van der Waals surface area contributed by atoms with E-state index in [1.54, 1.807) is 23.7 Å². The molecule has 3 rings (SSSR count). The summed E-state index contributed by atoms with van der Waals surface area (Å²) >= 11 is 1.30. The Morgan fingerprint density at radius 3 is 2.44 bits per heavy atom. The first-order valence-corrected chi connectivity index (χ1v) is 11.9. The van der Waals surface area contributed by atoms with Gasteiger partial charge in [0, 0.05) is 30.0 Å². The van der Waals surface area contributed by atoms with Crippen LogP contribution in [0.4, 0.5) is 5.13 Å². The van der Waals surface area contributed by atoms with Crippen LogP contribution < -0.4 is 10.6 Å². The number of carbonyl (C=O) groups excluding carboxylic acids is 3. The lowest BCUT2D eigenvalue weighted by molar-refractivity contribution is -0.143. The molecule has 180 valence electrons. The van der Waals surface area contributed by atoms with Crippen molar-refractivity contribution in [2.45, 2.75) is 58.7 Å². The summed E-state index contributed by atoms with van der Waals surface area (Å²) in [7, 11) is 0. The molecule has 2 N–H and O–H groups in total. The van der Waals surface area contributed by atoms with Crippen molar-refractivity contribution < 1.29 is 18.8 Å². The Labute approximate surface area is 203 Å². The fourth-order valence-electron chi connectivity index (χ4n) is 3.38. The van der Waals surface area contributed by atoms with Crippen molar-refractivity contribution in [2.75, 3.05) is 5.32 Å².